The third-order valence-electron chi connectivity index (χ3n) is 2.82. The molecular weight excluding hydrogens is 254 g/mol. The molecule has 0 spiro atoms. The minimum Gasteiger partial charge on any atom is -0.365 e. The lowest BCUT2D eigenvalue weighted by atomic mass is 10.2. The molecule has 2 rings (SSSR count). The summed E-state index contributed by atoms with van der Waals surface area (Å²) in [6.07, 6.45) is 1.18. The van der Waals surface area contributed by atoms with Crippen molar-refractivity contribution < 1.29 is 9.53 Å². The van der Waals surface area contributed by atoms with Crippen LogP contribution < -0.4 is 4.90 Å². The van der Waals surface area contributed by atoms with E-state index in [-0.39, 0.29) is 5.91 Å². The number of likely N-dealkylation sites (N-methyl/N-ethyl adjacent to an activating group) is 1. The van der Waals surface area contributed by atoms with E-state index in [0.717, 1.165) is 12.4 Å². The second kappa shape index (κ2) is 5.54. The smallest absolute Gasteiger partial charge is 0.253 e. The predicted molar refractivity (Wildman–Crippen MR) is 69.9 cm³/mol. The predicted octanol–water partition coefficient (Wildman–Crippen LogP) is 1.03. The molecule has 1 saturated heterocycles. The molecule has 0 aliphatic carbocycles. The monoisotopic (exact) mass is 269 g/mol. The number of carbonyl (C=O) groups is 1. The lowest BCUT2D eigenvalue weighted by Crippen LogP contribution is -2.49. The molecule has 1 aromatic heterocycles. The Labute approximate surface area is 111 Å². The van der Waals surface area contributed by atoms with Crippen molar-refractivity contribution in [1.82, 2.24) is 9.88 Å². The zero-order chi connectivity index (χ0) is 13.1. The number of halogens is 1. The molecule has 98 valence electrons. The van der Waals surface area contributed by atoms with Crippen molar-refractivity contribution in [3.05, 3.63) is 23.4 Å². The van der Waals surface area contributed by atoms with Gasteiger partial charge in [0.15, 0.2) is 6.10 Å². The van der Waals surface area contributed by atoms with E-state index in [9.17, 15) is 4.79 Å². The highest BCUT2D eigenvalue weighted by atomic mass is 35.5. The standard InChI is InChI=1S/C12H16ClN3O2/c1-15(2)12(17)10-8-16(5-6-18-10)11-4-3-9(13)7-14-11/h3-4,7,10H,5-6,8H2,1-2H3. The van der Waals surface area contributed by atoms with Crippen LogP contribution in [0.2, 0.25) is 5.02 Å². The van der Waals surface area contributed by atoms with Gasteiger partial charge in [0.05, 0.1) is 18.2 Å². The van der Waals surface area contributed by atoms with Gasteiger partial charge in [-0.2, -0.15) is 0 Å². The first-order valence-electron chi connectivity index (χ1n) is 5.77. The minimum atomic E-state index is -0.425. The van der Waals surface area contributed by atoms with Crippen LogP contribution in [0.3, 0.4) is 0 Å². The number of morpholine rings is 1. The van der Waals surface area contributed by atoms with Crippen LogP contribution in [0.5, 0.6) is 0 Å². The molecule has 2 heterocycles. The molecule has 1 atom stereocenters. The van der Waals surface area contributed by atoms with Gasteiger partial charge in [-0.05, 0) is 12.1 Å². The third kappa shape index (κ3) is 2.91. The third-order valence-corrected chi connectivity index (χ3v) is 3.04. The van der Waals surface area contributed by atoms with Crippen LogP contribution in [0.25, 0.3) is 0 Å². The van der Waals surface area contributed by atoms with E-state index < -0.39 is 6.10 Å². The van der Waals surface area contributed by atoms with Gasteiger partial charge in [-0.3, -0.25) is 4.79 Å². The number of anilines is 1. The van der Waals surface area contributed by atoms with Gasteiger partial charge >= 0.3 is 0 Å². The first-order chi connectivity index (χ1) is 8.58. The number of hydrogen-bond acceptors (Lipinski definition) is 4. The molecule has 0 bridgehead atoms. The molecule has 1 fully saturated rings. The molecule has 1 aliphatic heterocycles. The fraction of sp³-hybridized carbons (Fsp3) is 0.500. The van der Waals surface area contributed by atoms with Gasteiger partial charge in [0.25, 0.3) is 5.91 Å². The average molecular weight is 270 g/mol. The number of rotatable bonds is 2. The van der Waals surface area contributed by atoms with Crippen LogP contribution in [0.4, 0.5) is 5.82 Å². The maximum Gasteiger partial charge on any atom is 0.253 e. The molecule has 1 aromatic rings. The SMILES string of the molecule is CN(C)C(=O)C1CN(c2ccc(Cl)cn2)CCO1. The molecular formula is C12H16ClN3O2. The Kier molecular flexibility index (Phi) is 4.04. The highest BCUT2D eigenvalue weighted by Crippen LogP contribution is 2.17. The lowest BCUT2D eigenvalue weighted by Gasteiger charge is -2.34. The van der Waals surface area contributed by atoms with Crippen molar-refractivity contribution >= 4 is 23.3 Å². The zero-order valence-corrected chi connectivity index (χ0v) is 11.2. The maximum absolute atomic E-state index is 11.9. The molecule has 1 unspecified atom stereocenters. The number of ether oxygens (including phenoxy) is 1. The fourth-order valence-corrected chi connectivity index (χ4v) is 1.96. The number of hydrogen-bond donors (Lipinski definition) is 0. The molecule has 0 saturated carbocycles. The summed E-state index contributed by atoms with van der Waals surface area (Å²) >= 11 is 5.80. The maximum atomic E-state index is 11.9. The number of carbonyl (C=O) groups excluding carboxylic acids is 1. The Balaban J connectivity index is 2.07. The van der Waals surface area contributed by atoms with Crippen molar-refractivity contribution in [3.63, 3.8) is 0 Å². The Hall–Kier alpha value is -1.33. The van der Waals surface area contributed by atoms with Crippen molar-refractivity contribution in [2.45, 2.75) is 6.10 Å². The van der Waals surface area contributed by atoms with Crippen LogP contribution in [0, 0.1) is 0 Å². The fourth-order valence-electron chi connectivity index (χ4n) is 1.85. The minimum absolute atomic E-state index is 0.0198. The molecule has 6 heteroatoms. The summed E-state index contributed by atoms with van der Waals surface area (Å²) < 4.78 is 5.49. The Morgan fingerprint density at radius 2 is 2.33 bits per heavy atom. The quantitative estimate of drug-likeness (QED) is 0.805. The van der Waals surface area contributed by atoms with Gasteiger partial charge in [-0.15, -0.1) is 0 Å². The topological polar surface area (TPSA) is 45.7 Å². The molecule has 0 radical (unpaired) electrons. The summed E-state index contributed by atoms with van der Waals surface area (Å²) in [4.78, 5) is 19.7. The Morgan fingerprint density at radius 1 is 1.56 bits per heavy atom. The number of amides is 1. The van der Waals surface area contributed by atoms with E-state index in [0.29, 0.717) is 18.2 Å². The average Bonchev–Trinajstić information content (AvgIpc) is 2.38. The summed E-state index contributed by atoms with van der Waals surface area (Å²) in [6, 6.07) is 3.65. The summed E-state index contributed by atoms with van der Waals surface area (Å²) in [5.41, 5.74) is 0. The van der Waals surface area contributed by atoms with Crippen LogP contribution in [0.15, 0.2) is 18.3 Å². The van der Waals surface area contributed by atoms with Gasteiger partial charge in [0, 0.05) is 26.8 Å². The molecule has 1 aliphatic rings. The first kappa shape index (κ1) is 13.1. The molecule has 0 aromatic carbocycles. The number of nitrogens with zero attached hydrogens (tertiary/aromatic N) is 3. The van der Waals surface area contributed by atoms with Crippen LogP contribution >= 0.6 is 11.6 Å². The van der Waals surface area contributed by atoms with Gasteiger partial charge < -0.3 is 14.5 Å². The van der Waals surface area contributed by atoms with Crippen LogP contribution in [0.1, 0.15) is 0 Å². The van der Waals surface area contributed by atoms with Gasteiger partial charge in [-0.1, -0.05) is 11.6 Å². The largest absolute Gasteiger partial charge is 0.365 e. The van der Waals surface area contributed by atoms with E-state index in [1.807, 2.05) is 11.0 Å². The van der Waals surface area contributed by atoms with E-state index in [2.05, 4.69) is 4.98 Å². The van der Waals surface area contributed by atoms with Crippen molar-refractivity contribution in [2.75, 3.05) is 38.7 Å². The summed E-state index contributed by atoms with van der Waals surface area (Å²) in [5.74, 6) is 0.799. The first-order valence-corrected chi connectivity index (χ1v) is 6.15. The Morgan fingerprint density at radius 3 is 2.94 bits per heavy atom. The molecule has 18 heavy (non-hydrogen) atoms. The highest BCUT2D eigenvalue weighted by molar-refractivity contribution is 6.30. The van der Waals surface area contributed by atoms with E-state index in [4.69, 9.17) is 16.3 Å². The van der Waals surface area contributed by atoms with Crippen molar-refractivity contribution in [1.29, 1.82) is 0 Å². The molecule has 1 amide bonds. The second-order valence-electron chi connectivity index (χ2n) is 4.37. The number of aromatic nitrogens is 1. The van der Waals surface area contributed by atoms with Crippen LogP contribution in [-0.2, 0) is 9.53 Å². The summed E-state index contributed by atoms with van der Waals surface area (Å²) in [6.45, 7) is 1.77. The lowest BCUT2D eigenvalue weighted by molar-refractivity contribution is -0.141. The van der Waals surface area contributed by atoms with E-state index >= 15 is 0 Å². The zero-order valence-electron chi connectivity index (χ0n) is 10.5. The summed E-state index contributed by atoms with van der Waals surface area (Å²) in [5, 5.41) is 0.605. The Bertz CT molecular complexity index is 422. The van der Waals surface area contributed by atoms with Gasteiger partial charge in [0.2, 0.25) is 0 Å². The second-order valence-corrected chi connectivity index (χ2v) is 4.81. The van der Waals surface area contributed by atoms with Crippen molar-refractivity contribution in [3.8, 4) is 0 Å². The number of pyridine rings is 1. The molecule has 5 nitrogen and oxygen atoms in total. The van der Waals surface area contributed by atoms with E-state index in [1.165, 1.54) is 0 Å². The summed E-state index contributed by atoms with van der Waals surface area (Å²) in [7, 11) is 3.45. The van der Waals surface area contributed by atoms with Gasteiger partial charge in [0.1, 0.15) is 5.82 Å². The highest BCUT2D eigenvalue weighted by Gasteiger charge is 2.28. The normalized spacial score (nSPS) is 19.7. The van der Waals surface area contributed by atoms with Crippen molar-refractivity contribution in [2.24, 2.45) is 0 Å². The molecule has 0 N–H and O–H groups in total. The van der Waals surface area contributed by atoms with Crippen LogP contribution in [-0.4, -0.2) is 55.7 Å². The van der Waals surface area contributed by atoms with Gasteiger partial charge in [-0.25, -0.2) is 4.98 Å². The van der Waals surface area contributed by atoms with E-state index in [1.54, 1.807) is 31.3 Å².